The fourth-order valence-electron chi connectivity index (χ4n) is 1.44. The summed E-state index contributed by atoms with van der Waals surface area (Å²) in [5.74, 6) is 0. The monoisotopic (exact) mass is 202 g/mol. The van der Waals surface area contributed by atoms with Gasteiger partial charge in [0, 0.05) is 16.8 Å². The summed E-state index contributed by atoms with van der Waals surface area (Å²) in [5.41, 5.74) is 0.0897. The molecule has 0 saturated heterocycles. The van der Waals surface area contributed by atoms with E-state index in [1.165, 1.54) is 0 Å². The van der Waals surface area contributed by atoms with Crippen LogP contribution in [0.2, 0.25) is 0 Å². The Balaban J connectivity index is 0.000000531. The molecule has 0 amide bonds. The minimum Gasteiger partial charge on any atom is -0.244 e. The molecule has 2 heteroatoms. The van der Waals surface area contributed by atoms with E-state index in [0.717, 1.165) is 10.6 Å². The molecule has 80 valence electrons. The fourth-order valence-corrected chi connectivity index (χ4v) is 1.44. The first-order valence-electron chi connectivity index (χ1n) is 5.36. The molecule has 1 heterocycles. The molecule has 0 radical (unpaired) electrons. The van der Waals surface area contributed by atoms with E-state index in [1.54, 1.807) is 6.33 Å². The van der Waals surface area contributed by atoms with Crippen molar-refractivity contribution in [1.82, 2.24) is 9.97 Å². The Morgan fingerprint density at radius 2 is 1.93 bits per heavy atom. The lowest BCUT2D eigenvalue weighted by molar-refractivity contribution is 0.670. The second-order valence-electron chi connectivity index (χ2n) is 3.85. The highest BCUT2D eigenvalue weighted by Crippen LogP contribution is 2.18. The van der Waals surface area contributed by atoms with E-state index in [0.29, 0.717) is 0 Å². The summed E-state index contributed by atoms with van der Waals surface area (Å²) in [7, 11) is 0. The zero-order valence-corrected chi connectivity index (χ0v) is 9.86. The normalized spacial score (nSPS) is 16.0. The molecule has 1 aliphatic carbocycles. The molecule has 0 saturated carbocycles. The molecule has 0 unspecified atom stereocenters. The largest absolute Gasteiger partial charge is 0.244 e. The van der Waals surface area contributed by atoms with Crippen LogP contribution in [-0.4, -0.2) is 9.97 Å². The van der Waals surface area contributed by atoms with Crippen LogP contribution in [0.5, 0.6) is 0 Å². The van der Waals surface area contributed by atoms with Crippen molar-refractivity contribution in [2.24, 2.45) is 5.41 Å². The van der Waals surface area contributed by atoms with Crippen LogP contribution in [0.3, 0.4) is 0 Å². The number of aromatic nitrogens is 2. The third kappa shape index (κ3) is 3.01. The minimum absolute atomic E-state index is 0.0897. The first-order valence-corrected chi connectivity index (χ1v) is 5.36. The summed E-state index contributed by atoms with van der Waals surface area (Å²) in [6.45, 7) is 8.33. The van der Waals surface area contributed by atoms with Crippen molar-refractivity contribution in [3.05, 3.63) is 35.2 Å². The van der Waals surface area contributed by atoms with Crippen LogP contribution in [0.4, 0.5) is 0 Å². The molecule has 0 fully saturated rings. The zero-order valence-electron chi connectivity index (χ0n) is 9.86. The number of allylic oxidation sites excluding steroid dienone is 2. The molecule has 1 aromatic rings. The van der Waals surface area contributed by atoms with Crippen LogP contribution in [0.1, 0.15) is 27.7 Å². The van der Waals surface area contributed by atoms with Gasteiger partial charge in [0.1, 0.15) is 6.33 Å². The zero-order chi connectivity index (χ0) is 11.3. The van der Waals surface area contributed by atoms with Crippen LogP contribution in [0, 0.1) is 5.41 Å². The number of hydrogen-bond donors (Lipinski definition) is 0. The van der Waals surface area contributed by atoms with Gasteiger partial charge in [0.2, 0.25) is 0 Å². The number of hydrogen-bond acceptors (Lipinski definition) is 2. The molecule has 15 heavy (non-hydrogen) atoms. The Labute approximate surface area is 91.1 Å². The van der Waals surface area contributed by atoms with Gasteiger partial charge in [-0.1, -0.05) is 45.9 Å². The van der Waals surface area contributed by atoms with Gasteiger partial charge in [-0.25, -0.2) is 9.97 Å². The molecule has 0 N–H and O–H groups in total. The van der Waals surface area contributed by atoms with Gasteiger partial charge >= 0.3 is 0 Å². The predicted octanol–water partition coefficient (Wildman–Crippen LogP) is 1.66. The smallest absolute Gasteiger partial charge is 0.116 e. The van der Waals surface area contributed by atoms with Crippen molar-refractivity contribution < 1.29 is 0 Å². The molecule has 0 spiro atoms. The maximum atomic E-state index is 4.20. The first-order chi connectivity index (χ1) is 7.17. The Hall–Kier alpha value is -1.44. The molecule has 0 aromatic carbocycles. The second kappa shape index (κ2) is 4.87. The highest BCUT2D eigenvalue weighted by atomic mass is 14.8. The molecule has 0 atom stereocenters. The van der Waals surface area contributed by atoms with Crippen LogP contribution >= 0.6 is 0 Å². The molecule has 2 nitrogen and oxygen atoms in total. The Morgan fingerprint density at radius 3 is 2.67 bits per heavy atom. The topological polar surface area (TPSA) is 25.8 Å². The first kappa shape index (κ1) is 11.6. The summed E-state index contributed by atoms with van der Waals surface area (Å²) in [6, 6.07) is 0. The van der Waals surface area contributed by atoms with E-state index in [4.69, 9.17) is 0 Å². The van der Waals surface area contributed by atoms with E-state index in [2.05, 4.69) is 42.0 Å². The van der Waals surface area contributed by atoms with Crippen LogP contribution in [0.25, 0.3) is 12.2 Å². The fraction of sp³-hybridized carbons (Fsp3) is 0.385. The molecule has 0 bridgehead atoms. The van der Waals surface area contributed by atoms with Gasteiger partial charge in [-0.3, -0.25) is 0 Å². The number of fused-ring (bicyclic) bond motifs is 1. The molecule has 1 aromatic heterocycles. The van der Waals surface area contributed by atoms with Crippen LogP contribution in [0.15, 0.2) is 24.7 Å². The number of nitrogens with zero attached hydrogens (tertiary/aromatic N) is 2. The van der Waals surface area contributed by atoms with E-state index in [9.17, 15) is 0 Å². The molecular formula is C13H18N2. The van der Waals surface area contributed by atoms with Crippen molar-refractivity contribution in [3.8, 4) is 0 Å². The van der Waals surface area contributed by atoms with Crippen molar-refractivity contribution in [2.75, 3.05) is 0 Å². The summed E-state index contributed by atoms with van der Waals surface area (Å²) in [4.78, 5) is 8.21. The van der Waals surface area contributed by atoms with Gasteiger partial charge in [-0.15, -0.1) is 0 Å². The van der Waals surface area contributed by atoms with Crippen molar-refractivity contribution >= 4 is 12.2 Å². The second-order valence-corrected chi connectivity index (χ2v) is 3.85. The SMILES string of the molecule is CC.CC1(C)C=CC=c2ncncc2=C1. The lowest BCUT2D eigenvalue weighted by Crippen LogP contribution is -2.29. The van der Waals surface area contributed by atoms with Gasteiger partial charge in [0.15, 0.2) is 0 Å². The lowest BCUT2D eigenvalue weighted by atomic mass is 9.93. The molecule has 1 aliphatic rings. The maximum Gasteiger partial charge on any atom is 0.116 e. The Kier molecular flexibility index (Phi) is 3.78. The van der Waals surface area contributed by atoms with Gasteiger partial charge in [0.05, 0.1) is 5.35 Å². The third-order valence-corrected chi connectivity index (χ3v) is 2.08. The molecule has 0 aliphatic heterocycles. The van der Waals surface area contributed by atoms with E-state index >= 15 is 0 Å². The summed E-state index contributed by atoms with van der Waals surface area (Å²) >= 11 is 0. The van der Waals surface area contributed by atoms with E-state index in [1.807, 2.05) is 26.1 Å². The van der Waals surface area contributed by atoms with Gasteiger partial charge in [-0.2, -0.15) is 0 Å². The van der Waals surface area contributed by atoms with Crippen molar-refractivity contribution in [1.29, 1.82) is 0 Å². The molecule has 2 rings (SSSR count). The van der Waals surface area contributed by atoms with Gasteiger partial charge in [0.25, 0.3) is 0 Å². The van der Waals surface area contributed by atoms with Crippen molar-refractivity contribution in [3.63, 3.8) is 0 Å². The third-order valence-electron chi connectivity index (χ3n) is 2.08. The summed E-state index contributed by atoms with van der Waals surface area (Å²) < 4.78 is 0. The number of rotatable bonds is 0. The highest BCUT2D eigenvalue weighted by Gasteiger charge is 2.10. The van der Waals surface area contributed by atoms with Crippen LogP contribution < -0.4 is 10.6 Å². The Morgan fingerprint density at radius 1 is 1.20 bits per heavy atom. The average molecular weight is 202 g/mol. The molecular weight excluding hydrogens is 184 g/mol. The van der Waals surface area contributed by atoms with E-state index in [-0.39, 0.29) is 5.41 Å². The standard InChI is InChI=1S/C11H12N2.C2H6/c1-11(2)5-3-4-10-9(6-11)7-12-8-13-10;1-2/h3-8H,1-2H3;1-2H3. The average Bonchev–Trinajstić information content (AvgIpc) is 2.37. The van der Waals surface area contributed by atoms with Gasteiger partial charge < -0.3 is 0 Å². The highest BCUT2D eigenvalue weighted by molar-refractivity contribution is 5.46. The quantitative estimate of drug-likeness (QED) is 0.639. The van der Waals surface area contributed by atoms with Gasteiger partial charge in [-0.05, 0) is 6.08 Å². The maximum absolute atomic E-state index is 4.20. The minimum atomic E-state index is 0.0897. The van der Waals surface area contributed by atoms with Crippen molar-refractivity contribution in [2.45, 2.75) is 27.7 Å². The lowest BCUT2D eigenvalue weighted by Gasteiger charge is -2.12. The Bertz CT molecular complexity index is 456. The summed E-state index contributed by atoms with van der Waals surface area (Å²) in [6.07, 6.45) is 11.8. The predicted molar refractivity (Wildman–Crippen MR) is 64.5 cm³/mol. The van der Waals surface area contributed by atoms with E-state index < -0.39 is 0 Å². The van der Waals surface area contributed by atoms with Crippen LogP contribution in [-0.2, 0) is 0 Å². The summed E-state index contributed by atoms with van der Waals surface area (Å²) in [5, 5.41) is 2.11.